The average Bonchev–Trinajstić information content (AvgIpc) is 3.04. The molecule has 0 bridgehead atoms. The van der Waals surface area contributed by atoms with Crippen molar-refractivity contribution in [1.29, 1.82) is 0 Å². The van der Waals surface area contributed by atoms with Crippen molar-refractivity contribution in [1.82, 2.24) is 10.2 Å². The second-order valence-electron chi connectivity index (χ2n) is 10.3. The fourth-order valence-corrected chi connectivity index (χ4v) is 5.85. The van der Waals surface area contributed by atoms with Gasteiger partial charge in [0.05, 0.1) is 10.6 Å². The highest BCUT2D eigenvalue weighted by Crippen LogP contribution is 2.28. The van der Waals surface area contributed by atoms with E-state index in [9.17, 15) is 22.4 Å². The second kappa shape index (κ2) is 14.7. The summed E-state index contributed by atoms with van der Waals surface area (Å²) in [7, 11) is -4.23. The number of amides is 2. The van der Waals surface area contributed by atoms with Gasteiger partial charge in [-0.05, 0) is 74.9 Å². The van der Waals surface area contributed by atoms with Crippen LogP contribution in [0.25, 0.3) is 0 Å². The quantitative estimate of drug-likeness (QED) is 0.194. The number of carbonyl (C=O) groups excluding carboxylic acids is 2. The maximum Gasteiger partial charge on any atom is 0.264 e. The van der Waals surface area contributed by atoms with Crippen LogP contribution in [0.3, 0.4) is 0 Å². The first kappa shape index (κ1) is 32.2. The van der Waals surface area contributed by atoms with Gasteiger partial charge < -0.3 is 15.0 Å². The van der Waals surface area contributed by atoms with E-state index in [1.807, 2.05) is 32.0 Å². The molecule has 0 aliphatic rings. The van der Waals surface area contributed by atoms with Crippen molar-refractivity contribution in [3.63, 3.8) is 0 Å². The molecule has 0 saturated heterocycles. The van der Waals surface area contributed by atoms with Gasteiger partial charge in [-0.15, -0.1) is 0 Å². The van der Waals surface area contributed by atoms with Gasteiger partial charge in [0, 0.05) is 18.2 Å². The van der Waals surface area contributed by atoms with Crippen molar-refractivity contribution in [3.8, 4) is 11.5 Å². The smallest absolute Gasteiger partial charge is 0.264 e. The Morgan fingerprint density at radius 3 is 2.00 bits per heavy atom. The lowest BCUT2D eigenvalue weighted by atomic mass is 10.1. The number of ether oxygens (including phenoxy) is 1. The molecule has 4 rings (SSSR count). The average molecular weight is 618 g/mol. The summed E-state index contributed by atoms with van der Waals surface area (Å²) >= 11 is 0. The standard InChI is InChI=1S/C34H36FN3O5S/c1-4-25(2)36-34(40)26(3)37(23-27-13-11-12-18-32(27)35)33(39)24-38(44(41,42)31-16-9-6-10-17-31)28-19-21-30(22-20-28)43-29-14-7-5-8-15-29/h5-22,25-26H,4,23-24H2,1-3H3,(H,36,40)/t25-,26-/m1/s1. The molecule has 2 amide bonds. The van der Waals surface area contributed by atoms with E-state index in [2.05, 4.69) is 5.32 Å². The monoisotopic (exact) mass is 617 g/mol. The number of nitrogens with one attached hydrogen (secondary N) is 1. The number of benzene rings is 4. The first-order valence-corrected chi connectivity index (χ1v) is 15.8. The van der Waals surface area contributed by atoms with E-state index < -0.39 is 40.2 Å². The van der Waals surface area contributed by atoms with Crippen molar-refractivity contribution in [2.45, 2.75) is 50.7 Å². The van der Waals surface area contributed by atoms with Gasteiger partial charge in [-0.1, -0.05) is 61.5 Å². The topological polar surface area (TPSA) is 96.0 Å². The summed E-state index contributed by atoms with van der Waals surface area (Å²) in [5, 5.41) is 2.86. The van der Waals surface area contributed by atoms with E-state index in [-0.39, 0.29) is 28.7 Å². The summed E-state index contributed by atoms with van der Waals surface area (Å²) in [6.45, 7) is 4.44. The fraction of sp³-hybridized carbons (Fsp3) is 0.235. The van der Waals surface area contributed by atoms with Gasteiger partial charge in [0.1, 0.15) is 29.9 Å². The summed E-state index contributed by atoms with van der Waals surface area (Å²) < 4.78 is 49.5. The number of hydrogen-bond acceptors (Lipinski definition) is 5. The largest absolute Gasteiger partial charge is 0.457 e. The van der Waals surface area contributed by atoms with E-state index in [0.29, 0.717) is 17.9 Å². The van der Waals surface area contributed by atoms with Gasteiger partial charge in [0.2, 0.25) is 11.8 Å². The van der Waals surface area contributed by atoms with E-state index >= 15 is 0 Å². The maximum absolute atomic E-state index is 14.7. The van der Waals surface area contributed by atoms with E-state index in [4.69, 9.17) is 4.74 Å². The van der Waals surface area contributed by atoms with Crippen molar-refractivity contribution in [2.24, 2.45) is 0 Å². The molecule has 2 atom stereocenters. The predicted molar refractivity (Wildman–Crippen MR) is 168 cm³/mol. The molecule has 0 aliphatic heterocycles. The number of anilines is 1. The molecule has 0 radical (unpaired) electrons. The lowest BCUT2D eigenvalue weighted by Crippen LogP contribution is -2.52. The minimum atomic E-state index is -4.23. The Morgan fingerprint density at radius 1 is 0.818 bits per heavy atom. The molecular weight excluding hydrogens is 581 g/mol. The molecule has 0 fully saturated rings. The zero-order valence-electron chi connectivity index (χ0n) is 24.9. The molecule has 10 heteroatoms. The molecule has 8 nitrogen and oxygen atoms in total. The molecule has 1 N–H and O–H groups in total. The Morgan fingerprint density at radius 2 is 1.39 bits per heavy atom. The van der Waals surface area contributed by atoms with Crippen LogP contribution in [0.4, 0.5) is 10.1 Å². The second-order valence-corrected chi connectivity index (χ2v) is 12.2. The number of halogens is 1. The zero-order chi connectivity index (χ0) is 31.7. The van der Waals surface area contributed by atoms with Gasteiger partial charge >= 0.3 is 0 Å². The van der Waals surface area contributed by atoms with Crippen LogP contribution < -0.4 is 14.4 Å². The lowest BCUT2D eigenvalue weighted by molar-refractivity contribution is -0.139. The maximum atomic E-state index is 14.7. The molecule has 230 valence electrons. The third kappa shape index (κ3) is 8.02. The molecule has 0 heterocycles. The van der Waals surface area contributed by atoms with Crippen LogP contribution in [0.1, 0.15) is 32.8 Å². The van der Waals surface area contributed by atoms with Crippen LogP contribution in [0.2, 0.25) is 0 Å². The summed E-state index contributed by atoms with van der Waals surface area (Å²) in [6, 6.07) is 28.0. The summed E-state index contributed by atoms with van der Waals surface area (Å²) in [5.74, 6) is -0.562. The van der Waals surface area contributed by atoms with Crippen LogP contribution in [0.15, 0.2) is 114 Å². The van der Waals surface area contributed by atoms with Gasteiger partial charge in [-0.3, -0.25) is 13.9 Å². The molecule has 0 aliphatic carbocycles. The Kier molecular flexibility index (Phi) is 10.7. The van der Waals surface area contributed by atoms with E-state index in [0.717, 1.165) is 4.31 Å². The van der Waals surface area contributed by atoms with Crippen molar-refractivity contribution in [2.75, 3.05) is 10.8 Å². The number of sulfonamides is 1. The Labute approximate surface area is 258 Å². The summed E-state index contributed by atoms with van der Waals surface area (Å²) in [6.07, 6.45) is 0.673. The molecule has 0 saturated carbocycles. The molecule has 0 spiro atoms. The van der Waals surface area contributed by atoms with Crippen LogP contribution in [-0.2, 0) is 26.2 Å². The third-order valence-corrected chi connectivity index (χ3v) is 8.97. The molecule has 4 aromatic carbocycles. The van der Waals surface area contributed by atoms with Crippen molar-refractivity contribution >= 4 is 27.5 Å². The van der Waals surface area contributed by atoms with Gasteiger partial charge in [-0.2, -0.15) is 0 Å². The lowest BCUT2D eigenvalue weighted by Gasteiger charge is -2.32. The SMILES string of the molecule is CC[C@@H](C)NC(=O)[C@@H](C)N(Cc1ccccc1F)C(=O)CN(c1ccc(Oc2ccccc2)cc1)S(=O)(=O)c1ccccc1. The van der Waals surface area contributed by atoms with E-state index in [1.165, 1.54) is 35.2 Å². The first-order valence-electron chi connectivity index (χ1n) is 14.3. The molecule has 44 heavy (non-hydrogen) atoms. The normalized spacial score (nSPS) is 12.5. The van der Waals surface area contributed by atoms with Gasteiger partial charge in [-0.25, -0.2) is 12.8 Å². The number of hydrogen-bond donors (Lipinski definition) is 1. The molecule has 4 aromatic rings. The van der Waals surface area contributed by atoms with Crippen LogP contribution in [0, 0.1) is 5.82 Å². The van der Waals surface area contributed by atoms with E-state index in [1.54, 1.807) is 67.6 Å². The third-order valence-electron chi connectivity index (χ3n) is 7.18. The minimum Gasteiger partial charge on any atom is -0.457 e. The summed E-state index contributed by atoms with van der Waals surface area (Å²) in [5.41, 5.74) is 0.411. The van der Waals surface area contributed by atoms with Crippen LogP contribution in [0.5, 0.6) is 11.5 Å². The van der Waals surface area contributed by atoms with Gasteiger partial charge in [0.25, 0.3) is 10.0 Å². The highest BCUT2D eigenvalue weighted by atomic mass is 32.2. The minimum absolute atomic E-state index is 0.0133. The highest BCUT2D eigenvalue weighted by Gasteiger charge is 2.33. The number of carbonyl (C=O) groups is 2. The number of para-hydroxylation sites is 1. The Bertz CT molecular complexity index is 1650. The van der Waals surface area contributed by atoms with Crippen molar-refractivity contribution < 1.29 is 27.1 Å². The predicted octanol–water partition coefficient (Wildman–Crippen LogP) is 6.15. The number of nitrogens with zero attached hydrogens (tertiary/aromatic N) is 2. The number of rotatable bonds is 13. The Balaban J connectivity index is 1.70. The fourth-order valence-electron chi connectivity index (χ4n) is 4.41. The Hall–Kier alpha value is -4.70. The summed E-state index contributed by atoms with van der Waals surface area (Å²) in [4.78, 5) is 28.4. The van der Waals surface area contributed by atoms with Gasteiger partial charge in [0.15, 0.2) is 0 Å². The van der Waals surface area contributed by atoms with Crippen molar-refractivity contribution in [3.05, 3.63) is 121 Å². The molecule has 0 unspecified atom stereocenters. The zero-order valence-corrected chi connectivity index (χ0v) is 25.7. The van der Waals surface area contributed by atoms with Crippen LogP contribution in [-0.4, -0.2) is 43.8 Å². The highest BCUT2D eigenvalue weighted by molar-refractivity contribution is 7.92. The molecular formula is C34H36FN3O5S. The molecule has 0 aromatic heterocycles. The first-order chi connectivity index (χ1) is 21.1. The van der Waals surface area contributed by atoms with Crippen LogP contribution >= 0.6 is 0 Å².